The number of hydrogen-bond acceptors (Lipinski definition) is 5. The first kappa shape index (κ1) is 12.6. The highest BCUT2D eigenvalue weighted by Gasteiger charge is 2.07. The van der Waals surface area contributed by atoms with Crippen molar-refractivity contribution >= 4 is 17.7 Å². The molecule has 1 aromatic heterocycles. The molecule has 6 heteroatoms. The summed E-state index contributed by atoms with van der Waals surface area (Å²) in [5.41, 5.74) is 0.938. The summed E-state index contributed by atoms with van der Waals surface area (Å²) in [7, 11) is 0. The van der Waals surface area contributed by atoms with Crippen molar-refractivity contribution < 1.29 is 9.53 Å². The highest BCUT2D eigenvalue weighted by Crippen LogP contribution is 2.14. The third-order valence-corrected chi connectivity index (χ3v) is 2.94. The number of rotatable bonds is 5. The summed E-state index contributed by atoms with van der Waals surface area (Å²) >= 11 is 1.27. The highest BCUT2D eigenvalue weighted by molar-refractivity contribution is 7.99. The van der Waals surface area contributed by atoms with Crippen molar-refractivity contribution in [2.24, 2.45) is 0 Å². The summed E-state index contributed by atoms with van der Waals surface area (Å²) in [5, 5.41) is 4.84. The first-order chi connectivity index (χ1) is 8.79. The molecule has 18 heavy (non-hydrogen) atoms. The molecular weight excluding hydrogens is 250 g/mol. The van der Waals surface area contributed by atoms with E-state index in [4.69, 9.17) is 4.74 Å². The topological polar surface area (TPSA) is 57.0 Å². The number of carbonyl (C=O) groups is 1. The van der Waals surface area contributed by atoms with Crippen molar-refractivity contribution in [2.75, 3.05) is 12.4 Å². The van der Waals surface area contributed by atoms with Gasteiger partial charge in [0.25, 0.3) is 0 Å². The average molecular weight is 263 g/mol. The van der Waals surface area contributed by atoms with Crippen LogP contribution in [-0.2, 0) is 9.53 Å². The summed E-state index contributed by atoms with van der Waals surface area (Å²) < 4.78 is 6.51. The van der Waals surface area contributed by atoms with Gasteiger partial charge in [0.05, 0.1) is 18.0 Å². The Balaban J connectivity index is 1.97. The predicted octanol–water partition coefficient (Wildman–Crippen LogP) is 1.92. The molecule has 0 aliphatic carbocycles. The first-order valence-electron chi connectivity index (χ1n) is 5.55. The van der Waals surface area contributed by atoms with Crippen LogP contribution in [0.2, 0.25) is 0 Å². The van der Waals surface area contributed by atoms with E-state index in [0.717, 1.165) is 5.69 Å². The zero-order valence-electron chi connectivity index (χ0n) is 9.94. The van der Waals surface area contributed by atoms with Crippen LogP contribution in [0.4, 0.5) is 0 Å². The van der Waals surface area contributed by atoms with Gasteiger partial charge in [0.1, 0.15) is 6.33 Å². The number of esters is 1. The summed E-state index contributed by atoms with van der Waals surface area (Å²) in [4.78, 5) is 15.3. The number of ether oxygens (including phenoxy) is 1. The zero-order chi connectivity index (χ0) is 12.8. The Morgan fingerprint density at radius 1 is 1.39 bits per heavy atom. The van der Waals surface area contributed by atoms with Crippen LogP contribution in [0.5, 0.6) is 0 Å². The van der Waals surface area contributed by atoms with E-state index >= 15 is 0 Å². The number of nitrogens with zero attached hydrogens (tertiary/aromatic N) is 3. The molecule has 0 radical (unpaired) electrons. The second-order valence-corrected chi connectivity index (χ2v) is 4.34. The SMILES string of the molecule is CCOC(=O)CSc1ncn(-c2ccccc2)n1. The molecule has 0 bridgehead atoms. The Hall–Kier alpha value is -1.82. The van der Waals surface area contributed by atoms with Gasteiger partial charge in [-0.15, -0.1) is 5.10 Å². The van der Waals surface area contributed by atoms with Gasteiger partial charge in [-0.2, -0.15) is 0 Å². The van der Waals surface area contributed by atoms with Crippen LogP contribution in [0, 0.1) is 0 Å². The van der Waals surface area contributed by atoms with Gasteiger partial charge < -0.3 is 4.74 Å². The number of carbonyl (C=O) groups excluding carboxylic acids is 1. The van der Waals surface area contributed by atoms with E-state index in [1.54, 1.807) is 17.9 Å². The van der Waals surface area contributed by atoms with Crippen LogP contribution < -0.4 is 0 Å². The van der Waals surface area contributed by atoms with E-state index in [-0.39, 0.29) is 11.7 Å². The van der Waals surface area contributed by atoms with E-state index < -0.39 is 0 Å². The highest BCUT2D eigenvalue weighted by atomic mass is 32.2. The molecule has 0 aliphatic rings. The molecular formula is C12H13N3O2S. The molecule has 2 aromatic rings. The number of benzene rings is 1. The van der Waals surface area contributed by atoms with Crippen molar-refractivity contribution in [2.45, 2.75) is 12.1 Å². The molecule has 0 atom stereocenters. The lowest BCUT2D eigenvalue weighted by molar-refractivity contribution is -0.139. The Kier molecular flexibility index (Phi) is 4.35. The number of aromatic nitrogens is 3. The monoisotopic (exact) mass is 263 g/mol. The van der Waals surface area contributed by atoms with Gasteiger partial charge in [0.2, 0.25) is 5.16 Å². The number of para-hydroxylation sites is 1. The third-order valence-electron chi connectivity index (χ3n) is 2.12. The van der Waals surface area contributed by atoms with Gasteiger partial charge in [-0.25, -0.2) is 9.67 Å². The molecule has 0 fully saturated rings. The molecule has 0 amide bonds. The lowest BCUT2D eigenvalue weighted by Crippen LogP contribution is -2.06. The van der Waals surface area contributed by atoms with Crippen LogP contribution in [0.25, 0.3) is 5.69 Å². The summed E-state index contributed by atoms with van der Waals surface area (Å²) in [6.45, 7) is 2.18. The van der Waals surface area contributed by atoms with Gasteiger partial charge in [-0.05, 0) is 19.1 Å². The van der Waals surface area contributed by atoms with Crippen molar-refractivity contribution in [3.8, 4) is 5.69 Å². The molecule has 0 saturated carbocycles. The van der Waals surface area contributed by atoms with Crippen molar-refractivity contribution in [1.82, 2.24) is 14.8 Å². The van der Waals surface area contributed by atoms with Crippen LogP contribution in [0.3, 0.4) is 0 Å². The molecule has 1 heterocycles. The second-order valence-electron chi connectivity index (χ2n) is 3.40. The summed E-state index contributed by atoms with van der Waals surface area (Å²) in [6.07, 6.45) is 1.63. The predicted molar refractivity (Wildman–Crippen MR) is 68.7 cm³/mol. The maximum atomic E-state index is 11.2. The number of thioether (sulfide) groups is 1. The van der Waals surface area contributed by atoms with Crippen LogP contribution in [-0.4, -0.2) is 33.1 Å². The van der Waals surface area contributed by atoms with Gasteiger partial charge in [-0.1, -0.05) is 30.0 Å². The standard InChI is InChI=1S/C12H13N3O2S/c1-2-17-11(16)8-18-12-13-9-15(14-12)10-6-4-3-5-7-10/h3-7,9H,2,8H2,1H3. The summed E-state index contributed by atoms with van der Waals surface area (Å²) in [6, 6.07) is 9.69. The third kappa shape index (κ3) is 3.33. The normalized spacial score (nSPS) is 10.3. The minimum absolute atomic E-state index is 0.229. The molecule has 0 unspecified atom stereocenters. The molecule has 1 aromatic carbocycles. The maximum Gasteiger partial charge on any atom is 0.316 e. The molecule has 0 aliphatic heterocycles. The fraction of sp³-hybridized carbons (Fsp3) is 0.250. The fourth-order valence-corrected chi connectivity index (χ4v) is 1.94. The minimum atomic E-state index is -0.251. The van der Waals surface area contributed by atoms with Crippen LogP contribution in [0.1, 0.15) is 6.92 Å². The van der Waals surface area contributed by atoms with Crippen molar-refractivity contribution in [1.29, 1.82) is 0 Å². The Morgan fingerprint density at radius 3 is 2.89 bits per heavy atom. The molecule has 94 valence electrons. The van der Waals surface area contributed by atoms with E-state index in [9.17, 15) is 4.79 Å². The Bertz CT molecular complexity index is 513. The fourth-order valence-electron chi connectivity index (χ4n) is 1.35. The van der Waals surface area contributed by atoms with Crippen LogP contribution >= 0.6 is 11.8 Å². The lowest BCUT2D eigenvalue weighted by Gasteiger charge is -1.99. The van der Waals surface area contributed by atoms with Gasteiger partial charge in [0, 0.05) is 0 Å². The summed E-state index contributed by atoms with van der Waals surface area (Å²) in [5.74, 6) is -0.0225. The van der Waals surface area contributed by atoms with Gasteiger partial charge >= 0.3 is 5.97 Å². The van der Waals surface area contributed by atoms with Crippen LogP contribution in [0.15, 0.2) is 41.8 Å². The average Bonchev–Trinajstić information content (AvgIpc) is 2.87. The van der Waals surface area contributed by atoms with Gasteiger partial charge in [-0.3, -0.25) is 4.79 Å². The molecule has 2 rings (SSSR count). The van der Waals surface area contributed by atoms with Crippen molar-refractivity contribution in [3.63, 3.8) is 0 Å². The first-order valence-corrected chi connectivity index (χ1v) is 6.53. The Labute approximate surface area is 109 Å². The van der Waals surface area contributed by atoms with E-state index in [0.29, 0.717) is 11.8 Å². The smallest absolute Gasteiger partial charge is 0.316 e. The molecule has 5 nitrogen and oxygen atoms in total. The quantitative estimate of drug-likeness (QED) is 0.609. The lowest BCUT2D eigenvalue weighted by atomic mass is 10.3. The molecule has 0 saturated heterocycles. The second kappa shape index (κ2) is 6.20. The van der Waals surface area contributed by atoms with E-state index in [2.05, 4.69) is 10.1 Å². The van der Waals surface area contributed by atoms with Crippen molar-refractivity contribution in [3.05, 3.63) is 36.7 Å². The van der Waals surface area contributed by atoms with E-state index in [1.807, 2.05) is 30.3 Å². The molecule has 0 spiro atoms. The molecule has 0 N–H and O–H groups in total. The Morgan fingerprint density at radius 2 is 2.17 bits per heavy atom. The van der Waals surface area contributed by atoms with Gasteiger partial charge in [0.15, 0.2) is 0 Å². The maximum absolute atomic E-state index is 11.2. The number of hydrogen-bond donors (Lipinski definition) is 0. The minimum Gasteiger partial charge on any atom is -0.465 e. The van der Waals surface area contributed by atoms with E-state index in [1.165, 1.54) is 11.8 Å². The zero-order valence-corrected chi connectivity index (χ0v) is 10.8. The largest absolute Gasteiger partial charge is 0.465 e.